The van der Waals surface area contributed by atoms with Crippen LogP contribution in [0.25, 0.3) is 0 Å². The molecule has 0 aliphatic rings. The molecule has 12 heavy (non-hydrogen) atoms. The van der Waals surface area contributed by atoms with Gasteiger partial charge < -0.3 is 10.8 Å². The molecule has 1 aromatic heterocycles. The number of carbonyl (C=O) groups is 1. The van der Waals surface area contributed by atoms with Gasteiger partial charge in [0.1, 0.15) is 0 Å². The Morgan fingerprint density at radius 1 is 1.75 bits per heavy atom. The third-order valence-electron chi connectivity index (χ3n) is 1.39. The molecule has 5 heteroatoms. The number of carboxylic acids is 1. The van der Waals surface area contributed by atoms with E-state index in [9.17, 15) is 4.79 Å². The Hall–Kier alpha value is -1.10. The van der Waals surface area contributed by atoms with Gasteiger partial charge in [0.2, 0.25) is 0 Å². The fraction of sp³-hybridized carbons (Fsp3) is 0.429. The largest absolute Gasteiger partial charge is 0.476 e. The van der Waals surface area contributed by atoms with E-state index in [1.165, 1.54) is 11.3 Å². The van der Waals surface area contributed by atoms with E-state index in [0.717, 1.165) is 17.7 Å². The summed E-state index contributed by atoms with van der Waals surface area (Å²) in [7, 11) is 0. The first-order chi connectivity index (χ1) is 5.65. The second-order valence-electron chi connectivity index (χ2n) is 2.38. The fourth-order valence-corrected chi connectivity index (χ4v) is 1.86. The molecule has 0 amide bonds. The number of carboxylic acid groups (broad SMARTS) is 1. The summed E-state index contributed by atoms with van der Waals surface area (Å²) >= 11 is 1.25. The molecule has 66 valence electrons. The molecule has 0 fully saturated rings. The number of anilines is 1. The topological polar surface area (TPSA) is 76.2 Å². The van der Waals surface area contributed by atoms with E-state index in [1.54, 1.807) is 0 Å². The zero-order valence-corrected chi connectivity index (χ0v) is 7.52. The second kappa shape index (κ2) is 3.53. The Balaban J connectivity index is 2.99. The second-order valence-corrected chi connectivity index (χ2v) is 3.49. The first-order valence-corrected chi connectivity index (χ1v) is 4.45. The number of aromatic carboxylic acids is 1. The molecule has 1 rings (SSSR count). The third kappa shape index (κ3) is 1.73. The quantitative estimate of drug-likeness (QED) is 0.747. The highest BCUT2D eigenvalue weighted by Crippen LogP contribution is 2.21. The number of rotatable bonds is 3. The molecule has 0 saturated carbocycles. The lowest BCUT2D eigenvalue weighted by Crippen LogP contribution is -2.00. The molecule has 0 aliphatic heterocycles. The van der Waals surface area contributed by atoms with Crippen molar-refractivity contribution in [2.75, 3.05) is 5.73 Å². The monoisotopic (exact) mass is 186 g/mol. The molecular weight excluding hydrogens is 176 g/mol. The lowest BCUT2D eigenvalue weighted by molar-refractivity contribution is 0.0690. The summed E-state index contributed by atoms with van der Waals surface area (Å²) in [4.78, 5) is 15.1. The molecule has 0 aliphatic carbocycles. The summed E-state index contributed by atoms with van der Waals surface area (Å²) in [6.07, 6.45) is 1.64. The average molecular weight is 186 g/mol. The maximum atomic E-state index is 10.6. The number of nitrogens with two attached hydrogens (primary N) is 1. The van der Waals surface area contributed by atoms with Gasteiger partial charge in [0.05, 0.1) is 0 Å². The predicted octanol–water partition coefficient (Wildman–Crippen LogP) is 1.38. The summed E-state index contributed by atoms with van der Waals surface area (Å²) in [6, 6.07) is 0. The molecule has 1 aromatic rings. The number of aromatic nitrogens is 1. The van der Waals surface area contributed by atoms with Gasteiger partial charge in [0.15, 0.2) is 10.8 Å². The zero-order chi connectivity index (χ0) is 9.14. The van der Waals surface area contributed by atoms with Crippen molar-refractivity contribution in [3.05, 3.63) is 10.6 Å². The Labute approximate surface area is 74.0 Å². The van der Waals surface area contributed by atoms with Crippen LogP contribution in [0.15, 0.2) is 0 Å². The maximum absolute atomic E-state index is 10.6. The zero-order valence-electron chi connectivity index (χ0n) is 6.70. The van der Waals surface area contributed by atoms with Crippen LogP contribution >= 0.6 is 11.3 Å². The van der Waals surface area contributed by atoms with Crippen LogP contribution in [0.2, 0.25) is 0 Å². The van der Waals surface area contributed by atoms with Crippen molar-refractivity contribution in [3.8, 4) is 0 Å². The predicted molar refractivity (Wildman–Crippen MR) is 47.5 cm³/mol. The van der Waals surface area contributed by atoms with E-state index < -0.39 is 5.97 Å². The average Bonchev–Trinajstić information content (AvgIpc) is 2.32. The summed E-state index contributed by atoms with van der Waals surface area (Å²) in [6.45, 7) is 1.99. The van der Waals surface area contributed by atoms with Gasteiger partial charge in [-0.2, -0.15) is 0 Å². The number of nitrogen functional groups attached to an aromatic ring is 1. The molecular formula is C7H10N2O2S. The SMILES string of the molecule is CCCc1sc(N)nc1C(=O)O. The van der Waals surface area contributed by atoms with Gasteiger partial charge in [0, 0.05) is 4.88 Å². The third-order valence-corrected chi connectivity index (χ3v) is 2.34. The van der Waals surface area contributed by atoms with Gasteiger partial charge in [0.25, 0.3) is 0 Å². The minimum atomic E-state index is -0.994. The molecule has 0 aromatic carbocycles. The standard InChI is InChI=1S/C7H10N2O2S/c1-2-3-4-5(6(10)11)9-7(8)12-4/h2-3H2,1H3,(H2,8,9)(H,10,11). The minimum Gasteiger partial charge on any atom is -0.476 e. The highest BCUT2D eigenvalue weighted by molar-refractivity contribution is 7.15. The van der Waals surface area contributed by atoms with Crippen LogP contribution in [0.3, 0.4) is 0 Å². The van der Waals surface area contributed by atoms with Gasteiger partial charge >= 0.3 is 5.97 Å². The molecule has 0 saturated heterocycles. The van der Waals surface area contributed by atoms with Crippen molar-refractivity contribution >= 4 is 22.4 Å². The number of nitrogens with zero attached hydrogens (tertiary/aromatic N) is 1. The first-order valence-electron chi connectivity index (χ1n) is 3.63. The number of hydrogen-bond donors (Lipinski definition) is 2. The van der Waals surface area contributed by atoms with Crippen molar-refractivity contribution in [1.29, 1.82) is 0 Å². The Morgan fingerprint density at radius 2 is 2.42 bits per heavy atom. The molecule has 0 radical (unpaired) electrons. The normalized spacial score (nSPS) is 10.1. The molecule has 3 N–H and O–H groups in total. The Morgan fingerprint density at radius 3 is 2.92 bits per heavy atom. The lowest BCUT2D eigenvalue weighted by atomic mass is 10.2. The van der Waals surface area contributed by atoms with Gasteiger partial charge in [-0.15, -0.1) is 11.3 Å². The van der Waals surface area contributed by atoms with Crippen LogP contribution in [0.1, 0.15) is 28.7 Å². The van der Waals surface area contributed by atoms with Gasteiger partial charge in [-0.05, 0) is 6.42 Å². The van der Waals surface area contributed by atoms with Gasteiger partial charge in [-0.3, -0.25) is 0 Å². The molecule has 0 atom stereocenters. The van der Waals surface area contributed by atoms with Crippen molar-refractivity contribution < 1.29 is 9.90 Å². The van der Waals surface area contributed by atoms with Crippen molar-refractivity contribution in [3.63, 3.8) is 0 Å². The van der Waals surface area contributed by atoms with Crippen LogP contribution in [0, 0.1) is 0 Å². The minimum absolute atomic E-state index is 0.111. The summed E-state index contributed by atoms with van der Waals surface area (Å²) < 4.78 is 0. The van der Waals surface area contributed by atoms with E-state index >= 15 is 0 Å². The molecule has 1 heterocycles. The Kier molecular flexibility index (Phi) is 2.65. The lowest BCUT2D eigenvalue weighted by Gasteiger charge is -1.92. The molecule has 4 nitrogen and oxygen atoms in total. The van der Waals surface area contributed by atoms with E-state index in [-0.39, 0.29) is 5.69 Å². The summed E-state index contributed by atoms with van der Waals surface area (Å²) in [5.74, 6) is -0.994. The van der Waals surface area contributed by atoms with Crippen molar-refractivity contribution in [1.82, 2.24) is 4.98 Å². The van der Waals surface area contributed by atoms with Crippen LogP contribution in [-0.2, 0) is 6.42 Å². The molecule has 0 unspecified atom stereocenters. The fourth-order valence-electron chi connectivity index (χ4n) is 0.934. The van der Waals surface area contributed by atoms with E-state index in [4.69, 9.17) is 10.8 Å². The van der Waals surface area contributed by atoms with E-state index in [0.29, 0.717) is 5.13 Å². The van der Waals surface area contributed by atoms with Crippen LogP contribution in [-0.4, -0.2) is 16.1 Å². The Bertz CT molecular complexity index is 296. The summed E-state index contributed by atoms with van der Waals surface area (Å²) in [5, 5.41) is 9.02. The van der Waals surface area contributed by atoms with Crippen LogP contribution < -0.4 is 5.73 Å². The smallest absolute Gasteiger partial charge is 0.355 e. The first kappa shape index (κ1) is 8.99. The van der Waals surface area contributed by atoms with Gasteiger partial charge in [-0.25, -0.2) is 9.78 Å². The van der Waals surface area contributed by atoms with Crippen molar-refractivity contribution in [2.45, 2.75) is 19.8 Å². The van der Waals surface area contributed by atoms with Crippen LogP contribution in [0.4, 0.5) is 5.13 Å². The summed E-state index contributed by atoms with van der Waals surface area (Å²) in [5.41, 5.74) is 5.50. The molecule has 0 bridgehead atoms. The van der Waals surface area contributed by atoms with Gasteiger partial charge in [-0.1, -0.05) is 13.3 Å². The highest BCUT2D eigenvalue weighted by Gasteiger charge is 2.14. The van der Waals surface area contributed by atoms with E-state index in [1.807, 2.05) is 6.92 Å². The molecule has 0 spiro atoms. The number of aryl methyl sites for hydroxylation is 1. The highest BCUT2D eigenvalue weighted by atomic mass is 32.1. The number of hydrogen-bond acceptors (Lipinski definition) is 4. The maximum Gasteiger partial charge on any atom is 0.355 e. The van der Waals surface area contributed by atoms with Crippen LogP contribution in [0.5, 0.6) is 0 Å². The number of thiazole rings is 1. The van der Waals surface area contributed by atoms with Crippen molar-refractivity contribution in [2.24, 2.45) is 0 Å². The van der Waals surface area contributed by atoms with E-state index in [2.05, 4.69) is 4.98 Å².